The molecule has 3 atom stereocenters. The van der Waals surface area contributed by atoms with E-state index in [1.807, 2.05) is 72.8 Å². The molecule has 0 aromatic heterocycles. The van der Waals surface area contributed by atoms with Gasteiger partial charge in [0.1, 0.15) is 18.4 Å². The third kappa shape index (κ3) is 10.7. The van der Waals surface area contributed by atoms with E-state index in [1.165, 1.54) is 0 Å². The van der Waals surface area contributed by atoms with Crippen molar-refractivity contribution in [3.05, 3.63) is 114 Å². The van der Waals surface area contributed by atoms with Crippen molar-refractivity contribution in [3.8, 4) is 5.75 Å². The highest BCUT2D eigenvalue weighted by Gasteiger charge is 2.39. The molecule has 0 aliphatic carbocycles. The van der Waals surface area contributed by atoms with Crippen LogP contribution in [0.15, 0.2) is 97.1 Å². The van der Waals surface area contributed by atoms with Crippen LogP contribution in [0.2, 0.25) is 0 Å². The Hall–Kier alpha value is -5.22. The Morgan fingerprint density at radius 1 is 0.830 bits per heavy atom. The maximum atomic E-state index is 14.3. The number of unbranched alkanes of at least 4 members (excludes halogenated alkanes) is 2. The molecule has 4 aromatic carbocycles. The lowest BCUT2D eigenvalue weighted by atomic mass is 10.0. The van der Waals surface area contributed by atoms with Crippen LogP contribution in [0.5, 0.6) is 5.75 Å². The van der Waals surface area contributed by atoms with Crippen LogP contribution in [-0.2, 0) is 32.1 Å². The van der Waals surface area contributed by atoms with Gasteiger partial charge in [-0.3, -0.25) is 19.2 Å². The van der Waals surface area contributed by atoms with Crippen molar-refractivity contribution in [1.29, 1.82) is 0 Å². The second kappa shape index (κ2) is 18.5. The third-order valence-electron chi connectivity index (χ3n) is 10.0. The number of amides is 4. The van der Waals surface area contributed by atoms with Gasteiger partial charge in [0, 0.05) is 44.8 Å². The van der Waals surface area contributed by atoms with Crippen LogP contribution in [0.3, 0.4) is 0 Å². The third-order valence-corrected chi connectivity index (χ3v) is 10.0. The van der Waals surface area contributed by atoms with Gasteiger partial charge in [-0.1, -0.05) is 85.3 Å². The highest BCUT2D eigenvalue weighted by atomic mass is 16.5. The Bertz CT molecular complexity index is 1870. The molecule has 1 unspecified atom stereocenters. The number of ether oxygens (including phenoxy) is 2. The van der Waals surface area contributed by atoms with Crippen LogP contribution in [-0.4, -0.2) is 84.9 Å². The van der Waals surface area contributed by atoms with E-state index in [9.17, 15) is 19.2 Å². The number of hydrogen-bond donors (Lipinski definition) is 2. The highest BCUT2D eigenvalue weighted by molar-refractivity contribution is 5.94. The molecule has 10 nitrogen and oxygen atoms in total. The first-order chi connectivity index (χ1) is 25.8. The van der Waals surface area contributed by atoms with Gasteiger partial charge in [-0.05, 0) is 72.2 Å². The van der Waals surface area contributed by atoms with Crippen LogP contribution in [0.25, 0.3) is 10.8 Å². The van der Waals surface area contributed by atoms with E-state index in [-0.39, 0.29) is 48.7 Å². The summed E-state index contributed by atoms with van der Waals surface area (Å²) in [5.41, 5.74) is 2.57. The number of nitrogens with one attached hydrogen (secondary N) is 2. The molecule has 10 heteroatoms. The molecule has 2 N–H and O–H groups in total. The maximum absolute atomic E-state index is 14.3. The number of rotatable bonds is 12. The smallest absolute Gasteiger partial charge is 0.253 e. The van der Waals surface area contributed by atoms with Crippen molar-refractivity contribution < 1.29 is 28.7 Å². The monoisotopic (exact) mass is 718 g/mol. The van der Waals surface area contributed by atoms with Crippen LogP contribution in [0.4, 0.5) is 0 Å². The Kier molecular flexibility index (Phi) is 13.1. The van der Waals surface area contributed by atoms with Crippen molar-refractivity contribution in [2.75, 3.05) is 33.4 Å². The van der Waals surface area contributed by atoms with E-state index in [2.05, 4.69) is 10.6 Å². The van der Waals surface area contributed by atoms with Crippen LogP contribution < -0.4 is 15.4 Å². The van der Waals surface area contributed by atoms with Crippen LogP contribution in [0.1, 0.15) is 66.4 Å². The molecule has 53 heavy (non-hydrogen) atoms. The lowest BCUT2D eigenvalue weighted by Crippen LogP contribution is -2.52. The molecule has 2 heterocycles. The number of fused-ring (bicyclic) bond motifs is 4. The first-order valence-electron chi connectivity index (χ1n) is 18.8. The summed E-state index contributed by atoms with van der Waals surface area (Å²) in [4.78, 5) is 57.4. The first-order valence-corrected chi connectivity index (χ1v) is 18.8. The molecule has 0 spiro atoms. The largest absolute Gasteiger partial charge is 0.491 e. The van der Waals surface area contributed by atoms with Gasteiger partial charge in [0.25, 0.3) is 5.91 Å². The van der Waals surface area contributed by atoms with Gasteiger partial charge in [0.15, 0.2) is 0 Å². The molecule has 4 amide bonds. The average molecular weight is 719 g/mol. The molecule has 2 aliphatic rings. The van der Waals surface area contributed by atoms with Gasteiger partial charge in [-0.15, -0.1) is 0 Å². The molecule has 278 valence electrons. The summed E-state index contributed by atoms with van der Waals surface area (Å²) in [5, 5.41) is 8.39. The summed E-state index contributed by atoms with van der Waals surface area (Å²) >= 11 is 0. The molecule has 1 saturated heterocycles. The lowest BCUT2D eigenvalue weighted by molar-refractivity contribution is -0.138. The number of carbonyl (C=O) groups excluding carboxylic acids is 4. The van der Waals surface area contributed by atoms with Crippen molar-refractivity contribution in [2.24, 2.45) is 0 Å². The summed E-state index contributed by atoms with van der Waals surface area (Å²) in [6.45, 7) is 2.10. The Labute approximate surface area is 311 Å². The average Bonchev–Trinajstić information content (AvgIpc) is 3.57. The number of benzene rings is 4. The SMILES string of the molecule is CN1CCC[C@H](NC(=O)CCCCCOCc2ccccc2)C(=O)N2CC(NC(=O)Cc3ccc4ccccc4c3)C[C@H]2COc2cccc(c2)C1=O. The second-order valence-electron chi connectivity index (χ2n) is 14.2. The molecule has 2 bridgehead atoms. The number of hydrogen-bond acceptors (Lipinski definition) is 6. The second-order valence-corrected chi connectivity index (χ2v) is 14.2. The van der Waals surface area contributed by atoms with Gasteiger partial charge < -0.3 is 29.9 Å². The summed E-state index contributed by atoms with van der Waals surface area (Å²) in [6.07, 6.45) is 4.29. The molecular formula is C43H50N4O6. The maximum Gasteiger partial charge on any atom is 0.253 e. The van der Waals surface area contributed by atoms with Crippen molar-refractivity contribution in [3.63, 3.8) is 0 Å². The molecular weight excluding hydrogens is 668 g/mol. The summed E-state index contributed by atoms with van der Waals surface area (Å²) in [7, 11) is 1.74. The standard InChI is InChI=1S/C43H50N4O6/c1-46-22-11-18-39(45-40(48)19-6-3-9-23-52-29-31-12-4-2-5-13-31)43(51)47-28-36(27-37(47)30-53-38-17-10-16-35(26-38)42(46)50)44-41(49)25-32-20-21-33-14-7-8-15-34(33)24-32/h2,4-5,7-8,10,12-17,20-21,24,26,36-37,39H,3,6,9,11,18-19,22-23,25,27-30H2,1H3,(H,44,49)(H,45,48)/t36?,37-,39-/m0/s1. The van der Waals surface area contributed by atoms with Gasteiger partial charge in [-0.25, -0.2) is 0 Å². The highest BCUT2D eigenvalue weighted by Crippen LogP contribution is 2.24. The predicted octanol–water partition coefficient (Wildman–Crippen LogP) is 5.67. The fraction of sp³-hybridized carbons (Fsp3) is 0.395. The fourth-order valence-corrected chi connectivity index (χ4v) is 7.18. The van der Waals surface area contributed by atoms with Crippen molar-refractivity contribution in [1.82, 2.24) is 20.4 Å². The molecule has 6 rings (SSSR count). The van der Waals surface area contributed by atoms with E-state index in [1.54, 1.807) is 41.1 Å². The van der Waals surface area contributed by atoms with E-state index in [0.717, 1.165) is 34.7 Å². The van der Waals surface area contributed by atoms with E-state index in [0.29, 0.717) is 69.7 Å². The fourth-order valence-electron chi connectivity index (χ4n) is 7.18. The minimum absolute atomic E-state index is 0.116. The molecule has 0 radical (unpaired) electrons. The van der Waals surface area contributed by atoms with Crippen molar-refractivity contribution in [2.45, 2.75) is 76.1 Å². The zero-order valence-electron chi connectivity index (χ0n) is 30.5. The van der Waals surface area contributed by atoms with E-state index in [4.69, 9.17) is 9.47 Å². The van der Waals surface area contributed by atoms with Gasteiger partial charge >= 0.3 is 0 Å². The number of nitrogens with zero attached hydrogens (tertiary/aromatic N) is 2. The Balaban J connectivity index is 1.08. The van der Waals surface area contributed by atoms with Gasteiger partial charge in [0.2, 0.25) is 17.7 Å². The zero-order valence-corrected chi connectivity index (χ0v) is 30.5. The predicted molar refractivity (Wildman–Crippen MR) is 204 cm³/mol. The van der Waals surface area contributed by atoms with Gasteiger partial charge in [0.05, 0.1) is 19.1 Å². The topological polar surface area (TPSA) is 117 Å². The minimum atomic E-state index is -0.768. The van der Waals surface area contributed by atoms with Crippen LogP contribution in [0, 0.1) is 0 Å². The Morgan fingerprint density at radius 2 is 1.64 bits per heavy atom. The molecule has 1 fully saturated rings. The Morgan fingerprint density at radius 3 is 2.49 bits per heavy atom. The molecule has 4 aromatic rings. The number of carbonyl (C=O) groups is 4. The van der Waals surface area contributed by atoms with E-state index >= 15 is 0 Å². The summed E-state index contributed by atoms with van der Waals surface area (Å²) in [6, 6.07) is 29.8. The van der Waals surface area contributed by atoms with Crippen LogP contribution >= 0.6 is 0 Å². The molecule has 2 aliphatic heterocycles. The first kappa shape index (κ1) is 37.5. The minimum Gasteiger partial charge on any atom is -0.491 e. The lowest BCUT2D eigenvalue weighted by Gasteiger charge is -2.30. The molecule has 0 saturated carbocycles. The summed E-state index contributed by atoms with van der Waals surface area (Å²) in [5.74, 6) is -0.0972. The van der Waals surface area contributed by atoms with E-state index < -0.39 is 6.04 Å². The normalized spacial score (nSPS) is 19.3. The quantitative estimate of drug-likeness (QED) is 0.182. The zero-order chi connectivity index (χ0) is 37.0. The van der Waals surface area contributed by atoms with Crippen molar-refractivity contribution >= 4 is 34.4 Å². The van der Waals surface area contributed by atoms with Gasteiger partial charge in [-0.2, -0.15) is 0 Å². The summed E-state index contributed by atoms with van der Waals surface area (Å²) < 4.78 is 12.0.